The zero-order chi connectivity index (χ0) is 13.4. The largest absolute Gasteiger partial charge is 0.386 e. The first-order valence-corrected chi connectivity index (χ1v) is 7.42. The summed E-state index contributed by atoms with van der Waals surface area (Å²) in [6.07, 6.45) is -4.00. The second kappa shape index (κ2) is 7.41. The molecule has 0 unspecified atom stereocenters. The summed E-state index contributed by atoms with van der Waals surface area (Å²) in [5.74, 6) is 0. The minimum Gasteiger partial charge on any atom is -0.172 e. The molecule has 2 rings (SSSR count). The number of rotatable bonds is 2. The van der Waals surface area contributed by atoms with Gasteiger partial charge in [0.2, 0.25) is 0 Å². The van der Waals surface area contributed by atoms with Crippen LogP contribution in [-0.4, -0.2) is 6.18 Å². The molecule has 4 heteroatoms. The van der Waals surface area contributed by atoms with Crippen LogP contribution in [-0.2, 0) is 0 Å². The molecule has 0 radical (unpaired) electrons. The Morgan fingerprint density at radius 3 is 1.28 bits per heavy atom. The zero-order valence-corrected chi connectivity index (χ0v) is 11.9. The molecule has 0 nitrogen and oxygen atoms in total. The lowest BCUT2D eigenvalue weighted by Gasteiger charge is -1.88. The first kappa shape index (κ1) is 15.0. The zero-order valence-electron chi connectivity index (χ0n) is 9.79. The van der Waals surface area contributed by atoms with Gasteiger partial charge in [-0.15, -0.1) is 0 Å². The van der Waals surface area contributed by atoms with Crippen molar-refractivity contribution in [3.05, 3.63) is 67.8 Å². The quantitative estimate of drug-likeness (QED) is 0.706. The van der Waals surface area contributed by atoms with Crippen LogP contribution >= 0.6 is 0 Å². The third kappa shape index (κ3) is 8.11. The summed E-state index contributed by atoms with van der Waals surface area (Å²) in [6.45, 7) is 0.188. The molecule has 0 saturated heterocycles. The van der Waals surface area contributed by atoms with Crippen LogP contribution in [0.25, 0.3) is 0 Å². The van der Waals surface area contributed by atoms with E-state index in [4.69, 9.17) is 0 Å². The predicted molar refractivity (Wildman–Crippen MR) is 62.0 cm³/mol. The summed E-state index contributed by atoms with van der Waals surface area (Å²) >= 11 is 0.0287. The lowest BCUT2D eigenvalue weighted by atomic mass is 10.4. The molecule has 0 spiro atoms. The third-order valence-corrected chi connectivity index (χ3v) is 4.37. The summed E-state index contributed by atoms with van der Waals surface area (Å²) in [4.78, 5) is 0. The minimum atomic E-state index is -4.00. The molecular formula is C14H13F3I+. The minimum absolute atomic E-state index is 0.0287. The van der Waals surface area contributed by atoms with Gasteiger partial charge in [-0.3, -0.25) is 0 Å². The first-order chi connectivity index (χ1) is 8.45. The summed E-state index contributed by atoms with van der Waals surface area (Å²) in [5.41, 5.74) is 0. The maximum atomic E-state index is 10.4. The van der Waals surface area contributed by atoms with Crippen LogP contribution < -0.4 is 21.2 Å². The van der Waals surface area contributed by atoms with Gasteiger partial charge >= 0.3 is 27.4 Å². The topological polar surface area (TPSA) is 0 Å². The molecule has 0 aliphatic heterocycles. The molecular weight excluding hydrogens is 352 g/mol. The Labute approximate surface area is 115 Å². The molecule has 0 fully saturated rings. The van der Waals surface area contributed by atoms with Gasteiger partial charge in [-0.1, -0.05) is 36.4 Å². The lowest BCUT2D eigenvalue weighted by molar-refractivity contribution is -0.597. The van der Waals surface area contributed by atoms with E-state index >= 15 is 0 Å². The van der Waals surface area contributed by atoms with Crippen molar-refractivity contribution >= 4 is 0 Å². The van der Waals surface area contributed by atoms with Crippen LogP contribution in [0.1, 0.15) is 6.92 Å². The van der Waals surface area contributed by atoms with Crippen molar-refractivity contribution in [3.63, 3.8) is 0 Å². The Morgan fingerprint density at radius 2 is 1.00 bits per heavy atom. The van der Waals surface area contributed by atoms with Crippen molar-refractivity contribution in [2.24, 2.45) is 0 Å². The van der Waals surface area contributed by atoms with Crippen LogP contribution in [0.5, 0.6) is 0 Å². The van der Waals surface area contributed by atoms with Crippen molar-refractivity contribution in [1.29, 1.82) is 0 Å². The van der Waals surface area contributed by atoms with Gasteiger partial charge in [0.25, 0.3) is 0 Å². The van der Waals surface area contributed by atoms with E-state index in [-0.39, 0.29) is 28.1 Å². The summed E-state index contributed by atoms with van der Waals surface area (Å²) in [6, 6.07) is 21.4. The standard InChI is InChI=1S/C12H10I.C2H3F3/c1-3-7-11(8-4-1)13-12-9-5-2-6-10-12;1-2(3,4)5/h1-10H;1H3/q+1;. The summed E-state index contributed by atoms with van der Waals surface area (Å²) in [5, 5.41) is 0. The second-order valence-corrected chi connectivity index (χ2v) is 6.50. The first-order valence-electron chi connectivity index (χ1n) is 5.27. The second-order valence-electron chi connectivity index (χ2n) is 3.47. The van der Waals surface area contributed by atoms with E-state index < -0.39 is 6.18 Å². The fourth-order valence-corrected chi connectivity index (χ4v) is 3.35. The third-order valence-electron chi connectivity index (χ3n) is 1.68. The van der Waals surface area contributed by atoms with Crippen molar-refractivity contribution < 1.29 is 34.4 Å². The molecule has 0 bridgehead atoms. The monoisotopic (exact) mass is 365 g/mol. The number of alkyl halides is 3. The molecule has 0 atom stereocenters. The maximum Gasteiger partial charge on any atom is 0.386 e. The van der Waals surface area contributed by atoms with Gasteiger partial charge in [-0.2, -0.15) is 13.2 Å². The molecule has 0 aromatic heterocycles. The van der Waals surface area contributed by atoms with Crippen LogP contribution in [0.2, 0.25) is 0 Å². The molecule has 18 heavy (non-hydrogen) atoms. The molecule has 0 aliphatic carbocycles. The van der Waals surface area contributed by atoms with E-state index in [0.29, 0.717) is 0 Å². The number of hydrogen-bond donors (Lipinski definition) is 0. The van der Waals surface area contributed by atoms with Gasteiger partial charge in [0, 0.05) is 6.92 Å². The molecule has 0 saturated carbocycles. The van der Waals surface area contributed by atoms with Crippen LogP contribution in [0.3, 0.4) is 0 Å². The Balaban J connectivity index is 0.000000280. The predicted octanol–water partition coefficient (Wildman–Crippen LogP) is 1.38. The van der Waals surface area contributed by atoms with Crippen LogP contribution in [0, 0.1) is 7.14 Å². The van der Waals surface area contributed by atoms with Gasteiger partial charge in [-0.05, 0) is 24.3 Å². The van der Waals surface area contributed by atoms with E-state index in [2.05, 4.69) is 60.7 Å². The van der Waals surface area contributed by atoms with Gasteiger partial charge in [-0.25, -0.2) is 0 Å². The Hall–Kier alpha value is -1.04. The van der Waals surface area contributed by atoms with Gasteiger partial charge in [0.15, 0.2) is 7.14 Å². The normalized spacial score (nSPS) is 10.4. The van der Waals surface area contributed by atoms with Crippen molar-refractivity contribution in [1.82, 2.24) is 0 Å². The molecule has 2 aromatic rings. The average Bonchev–Trinajstić information content (AvgIpc) is 2.29. The molecule has 96 valence electrons. The fraction of sp³-hybridized carbons (Fsp3) is 0.143. The number of benzene rings is 2. The van der Waals surface area contributed by atoms with Crippen molar-refractivity contribution in [2.45, 2.75) is 13.1 Å². The van der Waals surface area contributed by atoms with E-state index in [1.165, 1.54) is 7.14 Å². The Morgan fingerprint density at radius 1 is 0.722 bits per heavy atom. The SMILES string of the molecule is CC(F)(F)F.c1ccc([I+]c2ccccc2)cc1. The molecule has 2 aromatic carbocycles. The summed E-state index contributed by atoms with van der Waals surface area (Å²) in [7, 11) is 0. The highest BCUT2D eigenvalue weighted by Gasteiger charge is 2.15. The van der Waals surface area contributed by atoms with Gasteiger partial charge < -0.3 is 0 Å². The maximum absolute atomic E-state index is 10.4. The van der Waals surface area contributed by atoms with E-state index in [1.807, 2.05) is 0 Å². The van der Waals surface area contributed by atoms with Gasteiger partial charge in [0.1, 0.15) is 0 Å². The van der Waals surface area contributed by atoms with Crippen molar-refractivity contribution in [2.75, 3.05) is 0 Å². The Kier molecular flexibility index (Phi) is 6.18. The number of hydrogen-bond acceptors (Lipinski definition) is 0. The molecule has 0 N–H and O–H groups in total. The molecule has 0 heterocycles. The molecule has 0 aliphatic rings. The highest BCUT2D eigenvalue weighted by Crippen LogP contribution is 2.10. The van der Waals surface area contributed by atoms with E-state index in [1.54, 1.807) is 0 Å². The van der Waals surface area contributed by atoms with Crippen molar-refractivity contribution in [3.8, 4) is 0 Å². The Bertz CT molecular complexity index is 394. The highest BCUT2D eigenvalue weighted by atomic mass is 127. The number of halogens is 4. The highest BCUT2D eigenvalue weighted by molar-refractivity contribution is 5.02. The smallest absolute Gasteiger partial charge is 0.172 e. The van der Waals surface area contributed by atoms with Crippen LogP contribution in [0.15, 0.2) is 60.7 Å². The summed E-state index contributed by atoms with van der Waals surface area (Å²) < 4.78 is 34.0. The molecule has 0 amide bonds. The fourth-order valence-electron chi connectivity index (χ4n) is 1.08. The van der Waals surface area contributed by atoms with E-state index in [9.17, 15) is 13.2 Å². The van der Waals surface area contributed by atoms with Crippen LogP contribution in [0.4, 0.5) is 13.2 Å². The van der Waals surface area contributed by atoms with E-state index in [0.717, 1.165) is 0 Å². The lowest BCUT2D eigenvalue weighted by Crippen LogP contribution is -3.61. The average molecular weight is 365 g/mol. The van der Waals surface area contributed by atoms with Gasteiger partial charge in [0.05, 0.1) is 0 Å².